The predicted molar refractivity (Wildman–Crippen MR) is 99.0 cm³/mol. The van der Waals surface area contributed by atoms with Gasteiger partial charge in [0.2, 0.25) is 0 Å². The molecule has 0 unspecified atom stereocenters. The summed E-state index contributed by atoms with van der Waals surface area (Å²) in [5.74, 6) is 0.818. The number of carbonyl (C=O) groups is 1. The van der Waals surface area contributed by atoms with E-state index in [0.29, 0.717) is 6.61 Å². The Morgan fingerprint density at radius 2 is 1.71 bits per heavy atom. The second kappa shape index (κ2) is 13.8. The van der Waals surface area contributed by atoms with E-state index in [-0.39, 0.29) is 5.97 Å². The van der Waals surface area contributed by atoms with Crippen LogP contribution in [-0.4, -0.2) is 22.5 Å². The minimum Gasteiger partial charge on any atom is -0.463 e. The smallest absolute Gasteiger partial charge is 0.330 e. The van der Waals surface area contributed by atoms with Crippen LogP contribution in [0.2, 0.25) is 0 Å². The van der Waals surface area contributed by atoms with Gasteiger partial charge < -0.3 is 9.72 Å². The van der Waals surface area contributed by atoms with E-state index >= 15 is 0 Å². The summed E-state index contributed by atoms with van der Waals surface area (Å²) in [4.78, 5) is 18.7. The molecule has 0 aliphatic heterocycles. The maximum Gasteiger partial charge on any atom is 0.330 e. The van der Waals surface area contributed by atoms with Gasteiger partial charge in [-0.15, -0.1) is 0 Å². The molecule has 0 radical (unpaired) electrons. The number of ether oxygens (including phenoxy) is 1. The minimum absolute atomic E-state index is 0.313. The Kier molecular flexibility index (Phi) is 11.8. The van der Waals surface area contributed by atoms with Crippen LogP contribution >= 0.6 is 0 Å². The third kappa shape index (κ3) is 10.2. The van der Waals surface area contributed by atoms with E-state index in [9.17, 15) is 4.79 Å². The number of aromatic amines is 1. The molecule has 0 aliphatic carbocycles. The maximum absolute atomic E-state index is 10.8. The topological polar surface area (TPSA) is 55.0 Å². The molecule has 0 amide bonds. The molecule has 1 aromatic heterocycles. The molecule has 0 saturated heterocycles. The average molecular weight is 335 g/mol. The van der Waals surface area contributed by atoms with Crippen molar-refractivity contribution < 1.29 is 9.53 Å². The number of H-pyrrole nitrogens is 1. The van der Waals surface area contributed by atoms with Gasteiger partial charge in [0.05, 0.1) is 6.61 Å². The lowest BCUT2D eigenvalue weighted by Crippen LogP contribution is -2.01. The summed E-state index contributed by atoms with van der Waals surface area (Å²) in [5, 5.41) is 0. The molecule has 0 fully saturated rings. The Morgan fingerprint density at radius 3 is 2.33 bits per heavy atom. The zero-order chi connectivity index (χ0) is 17.5. The van der Waals surface area contributed by atoms with Crippen molar-refractivity contribution in [3.05, 3.63) is 30.4 Å². The molecule has 1 aromatic rings. The molecule has 1 rings (SSSR count). The lowest BCUT2D eigenvalue weighted by Gasteiger charge is -2.03. The van der Waals surface area contributed by atoms with Gasteiger partial charge in [-0.1, -0.05) is 58.4 Å². The fourth-order valence-electron chi connectivity index (χ4n) is 2.78. The van der Waals surface area contributed by atoms with Gasteiger partial charge in [0.1, 0.15) is 5.82 Å². The molecule has 0 saturated carbocycles. The summed E-state index contributed by atoms with van der Waals surface area (Å²) >= 11 is 0. The molecular weight excluding hydrogens is 300 g/mol. The number of aromatic nitrogens is 2. The fourth-order valence-corrected chi connectivity index (χ4v) is 2.78. The van der Waals surface area contributed by atoms with E-state index in [1.807, 2.05) is 6.20 Å². The summed E-state index contributed by atoms with van der Waals surface area (Å²) in [6, 6.07) is 0. The third-order valence-corrected chi connectivity index (χ3v) is 4.17. The van der Waals surface area contributed by atoms with Crippen LogP contribution in [0.25, 0.3) is 0 Å². The number of nitrogens with one attached hydrogen (secondary N) is 1. The van der Waals surface area contributed by atoms with E-state index < -0.39 is 0 Å². The Labute approximate surface area is 147 Å². The van der Waals surface area contributed by atoms with Gasteiger partial charge in [0.25, 0.3) is 0 Å². The number of nitrogens with zero attached hydrogens (tertiary/aromatic N) is 1. The SMILES string of the molecule is C=CC(=O)OCCCCCCCCCCCc1cnc(CCC)[nH]1. The monoisotopic (exact) mass is 334 g/mol. The van der Waals surface area contributed by atoms with Crippen molar-refractivity contribution in [2.24, 2.45) is 0 Å². The van der Waals surface area contributed by atoms with E-state index in [0.717, 1.165) is 37.9 Å². The number of rotatable bonds is 15. The molecule has 0 aliphatic rings. The molecule has 24 heavy (non-hydrogen) atoms. The van der Waals surface area contributed by atoms with Crippen molar-refractivity contribution in [2.45, 2.75) is 84.0 Å². The van der Waals surface area contributed by atoms with Crippen LogP contribution in [0.15, 0.2) is 18.9 Å². The van der Waals surface area contributed by atoms with E-state index in [4.69, 9.17) is 4.74 Å². The summed E-state index contributed by atoms with van der Waals surface area (Å²) in [6.45, 7) is 6.08. The number of hydrogen-bond acceptors (Lipinski definition) is 3. The first-order valence-electron chi connectivity index (χ1n) is 9.58. The third-order valence-electron chi connectivity index (χ3n) is 4.17. The van der Waals surface area contributed by atoms with Gasteiger partial charge in [0, 0.05) is 24.4 Å². The summed E-state index contributed by atoms with van der Waals surface area (Å²) < 4.78 is 4.95. The van der Waals surface area contributed by atoms with Crippen LogP contribution < -0.4 is 0 Å². The number of hydrogen-bond donors (Lipinski definition) is 1. The first-order valence-corrected chi connectivity index (χ1v) is 9.58. The number of imidazole rings is 1. The lowest BCUT2D eigenvalue weighted by molar-refractivity contribution is -0.137. The molecule has 4 heteroatoms. The highest BCUT2D eigenvalue weighted by Gasteiger charge is 2.00. The quantitative estimate of drug-likeness (QED) is 0.274. The van der Waals surface area contributed by atoms with E-state index in [1.165, 1.54) is 56.7 Å². The molecule has 4 nitrogen and oxygen atoms in total. The molecule has 136 valence electrons. The predicted octanol–water partition coefficient (Wildman–Crippen LogP) is 5.14. The summed E-state index contributed by atoms with van der Waals surface area (Å²) in [5.41, 5.74) is 1.29. The van der Waals surface area contributed by atoms with Crippen molar-refractivity contribution in [3.8, 4) is 0 Å². The fraction of sp³-hybridized carbons (Fsp3) is 0.700. The van der Waals surface area contributed by atoms with Crippen LogP contribution in [0.1, 0.15) is 82.7 Å². The molecule has 0 atom stereocenters. The zero-order valence-electron chi connectivity index (χ0n) is 15.3. The Bertz CT molecular complexity index is 454. The second-order valence-corrected chi connectivity index (χ2v) is 6.41. The van der Waals surface area contributed by atoms with Gasteiger partial charge in [-0.2, -0.15) is 0 Å². The van der Waals surface area contributed by atoms with E-state index in [2.05, 4.69) is 23.5 Å². The van der Waals surface area contributed by atoms with Gasteiger partial charge in [-0.25, -0.2) is 9.78 Å². The van der Waals surface area contributed by atoms with Gasteiger partial charge in [-0.05, 0) is 25.7 Å². The van der Waals surface area contributed by atoms with Crippen LogP contribution in [0, 0.1) is 0 Å². The van der Waals surface area contributed by atoms with Crippen molar-refractivity contribution >= 4 is 5.97 Å². The first kappa shape index (κ1) is 20.5. The standard InChI is InChI=1S/C20H34N2O2/c1-3-14-19-21-17-18(22-19)15-12-10-8-6-5-7-9-11-13-16-24-20(23)4-2/h4,17H,2-3,5-16H2,1H3,(H,21,22). The second-order valence-electron chi connectivity index (χ2n) is 6.41. The Hall–Kier alpha value is -1.58. The number of carbonyl (C=O) groups excluding carboxylic acids is 1. The highest BCUT2D eigenvalue weighted by molar-refractivity contribution is 5.81. The first-order chi connectivity index (χ1) is 11.8. The number of aryl methyl sites for hydroxylation is 2. The Balaban J connectivity index is 1.83. The van der Waals surface area contributed by atoms with Crippen LogP contribution in [0.4, 0.5) is 0 Å². The normalized spacial score (nSPS) is 10.7. The zero-order valence-corrected chi connectivity index (χ0v) is 15.3. The van der Waals surface area contributed by atoms with Crippen LogP contribution in [0.5, 0.6) is 0 Å². The molecule has 0 aromatic carbocycles. The Morgan fingerprint density at radius 1 is 1.08 bits per heavy atom. The molecular formula is C20H34N2O2. The molecule has 0 spiro atoms. The van der Waals surface area contributed by atoms with Crippen LogP contribution in [0.3, 0.4) is 0 Å². The van der Waals surface area contributed by atoms with Gasteiger partial charge in [-0.3, -0.25) is 0 Å². The number of esters is 1. The highest BCUT2D eigenvalue weighted by Crippen LogP contribution is 2.11. The van der Waals surface area contributed by atoms with E-state index in [1.54, 1.807) is 0 Å². The van der Waals surface area contributed by atoms with Crippen LogP contribution in [-0.2, 0) is 22.4 Å². The highest BCUT2D eigenvalue weighted by atomic mass is 16.5. The summed E-state index contributed by atoms with van der Waals surface area (Å²) in [7, 11) is 0. The van der Waals surface area contributed by atoms with Gasteiger partial charge >= 0.3 is 5.97 Å². The molecule has 1 heterocycles. The average Bonchev–Trinajstić information content (AvgIpc) is 3.03. The van der Waals surface area contributed by atoms with Crippen molar-refractivity contribution in [1.29, 1.82) is 0 Å². The van der Waals surface area contributed by atoms with Crippen molar-refractivity contribution in [3.63, 3.8) is 0 Å². The lowest BCUT2D eigenvalue weighted by atomic mass is 10.1. The molecule has 0 bridgehead atoms. The van der Waals surface area contributed by atoms with Crippen molar-refractivity contribution in [1.82, 2.24) is 9.97 Å². The maximum atomic E-state index is 10.8. The van der Waals surface area contributed by atoms with Crippen molar-refractivity contribution in [2.75, 3.05) is 6.61 Å². The minimum atomic E-state index is -0.313. The largest absolute Gasteiger partial charge is 0.463 e. The number of unbranched alkanes of at least 4 members (excludes halogenated alkanes) is 8. The van der Waals surface area contributed by atoms with Gasteiger partial charge in [0.15, 0.2) is 0 Å². The molecule has 1 N–H and O–H groups in total. The summed E-state index contributed by atoms with van der Waals surface area (Å²) in [6.07, 6.45) is 17.7.